The molecule has 0 aliphatic carbocycles. The van der Waals surface area contributed by atoms with E-state index in [1.165, 1.54) is 0 Å². The molecule has 0 spiro atoms. The van der Waals surface area contributed by atoms with Crippen LogP contribution in [-0.4, -0.2) is 10.3 Å². The minimum absolute atomic E-state index is 0.158. The Labute approximate surface area is 105 Å². The summed E-state index contributed by atoms with van der Waals surface area (Å²) in [6, 6.07) is 16.7. The van der Waals surface area contributed by atoms with Crippen molar-refractivity contribution in [1.29, 1.82) is 0 Å². The molecule has 2 aromatic carbocycles. The maximum absolute atomic E-state index is 9.27. The normalized spacial score (nSPS) is 11.5. The molecule has 2 rings (SSSR count). The third-order valence-corrected chi connectivity index (χ3v) is 2.61. The summed E-state index contributed by atoms with van der Waals surface area (Å²) in [5.41, 5.74) is 2.03. The van der Waals surface area contributed by atoms with Crippen LogP contribution in [0.1, 0.15) is 17.2 Å². The SMILES string of the molecule is Oc1ccc(C(N=C=S)c2ccccc2)cc1. The molecule has 84 valence electrons. The van der Waals surface area contributed by atoms with Crippen molar-refractivity contribution in [2.45, 2.75) is 6.04 Å². The number of phenols is 1. The van der Waals surface area contributed by atoms with E-state index in [0.29, 0.717) is 0 Å². The zero-order valence-corrected chi connectivity index (χ0v) is 9.89. The third kappa shape index (κ3) is 2.78. The van der Waals surface area contributed by atoms with E-state index in [2.05, 4.69) is 22.4 Å². The number of isothiocyanates is 1. The lowest BCUT2D eigenvalue weighted by Gasteiger charge is -2.11. The van der Waals surface area contributed by atoms with Crippen molar-refractivity contribution in [1.82, 2.24) is 0 Å². The Bertz CT molecular complexity index is 530. The quantitative estimate of drug-likeness (QED) is 0.658. The van der Waals surface area contributed by atoms with E-state index in [4.69, 9.17) is 0 Å². The number of aromatic hydroxyl groups is 1. The molecule has 0 fully saturated rings. The molecule has 0 aromatic heterocycles. The molecule has 1 N–H and O–H groups in total. The van der Waals surface area contributed by atoms with Crippen molar-refractivity contribution < 1.29 is 5.11 Å². The van der Waals surface area contributed by atoms with Gasteiger partial charge in [0.1, 0.15) is 11.8 Å². The fourth-order valence-electron chi connectivity index (χ4n) is 1.69. The van der Waals surface area contributed by atoms with Crippen molar-refractivity contribution in [3.05, 3.63) is 65.7 Å². The second-order valence-electron chi connectivity index (χ2n) is 3.63. The lowest BCUT2D eigenvalue weighted by molar-refractivity contribution is 0.475. The minimum atomic E-state index is -0.158. The van der Waals surface area contributed by atoms with Gasteiger partial charge in [-0.25, -0.2) is 4.99 Å². The van der Waals surface area contributed by atoms with Gasteiger partial charge in [-0.05, 0) is 35.5 Å². The largest absolute Gasteiger partial charge is 0.508 e. The molecule has 0 saturated carbocycles. The average molecular weight is 241 g/mol. The van der Waals surface area contributed by atoms with Crippen LogP contribution in [0.2, 0.25) is 0 Å². The highest BCUT2D eigenvalue weighted by Crippen LogP contribution is 2.26. The Balaban J connectivity index is 2.42. The molecule has 3 heteroatoms. The molecule has 0 bridgehead atoms. The van der Waals surface area contributed by atoms with Gasteiger partial charge in [-0.3, -0.25) is 0 Å². The highest BCUT2D eigenvalue weighted by Gasteiger charge is 2.11. The van der Waals surface area contributed by atoms with Crippen LogP contribution in [0.25, 0.3) is 0 Å². The summed E-state index contributed by atoms with van der Waals surface area (Å²) < 4.78 is 0. The molecular formula is C14H11NOS. The fourth-order valence-corrected chi connectivity index (χ4v) is 1.79. The third-order valence-electron chi connectivity index (χ3n) is 2.51. The Kier molecular flexibility index (Phi) is 3.66. The van der Waals surface area contributed by atoms with E-state index in [1.54, 1.807) is 12.1 Å². The molecule has 0 heterocycles. The minimum Gasteiger partial charge on any atom is -0.508 e. The van der Waals surface area contributed by atoms with Gasteiger partial charge in [0.15, 0.2) is 0 Å². The first-order valence-electron chi connectivity index (χ1n) is 5.22. The van der Waals surface area contributed by atoms with Crippen LogP contribution in [0.5, 0.6) is 5.75 Å². The lowest BCUT2D eigenvalue weighted by atomic mass is 9.99. The Morgan fingerprint density at radius 1 is 0.941 bits per heavy atom. The van der Waals surface area contributed by atoms with Crippen molar-refractivity contribution in [2.75, 3.05) is 0 Å². The summed E-state index contributed by atoms with van der Waals surface area (Å²) in [4.78, 5) is 4.18. The van der Waals surface area contributed by atoms with Gasteiger partial charge in [-0.2, -0.15) is 0 Å². The summed E-state index contributed by atoms with van der Waals surface area (Å²) in [7, 11) is 0. The molecule has 2 aromatic rings. The lowest BCUT2D eigenvalue weighted by Crippen LogP contribution is -1.97. The first kappa shape index (κ1) is 11.5. The molecule has 0 aliphatic rings. The van der Waals surface area contributed by atoms with E-state index < -0.39 is 0 Å². The summed E-state index contributed by atoms with van der Waals surface area (Å²) in [6.45, 7) is 0. The predicted octanol–water partition coefficient (Wildman–Crippen LogP) is 3.58. The number of hydrogen-bond donors (Lipinski definition) is 1. The average Bonchev–Trinajstić information content (AvgIpc) is 2.38. The predicted molar refractivity (Wildman–Crippen MR) is 71.4 cm³/mol. The number of aliphatic imine (C=N–C) groups is 1. The van der Waals surface area contributed by atoms with E-state index >= 15 is 0 Å². The van der Waals surface area contributed by atoms with Gasteiger partial charge in [0.05, 0.1) is 5.16 Å². The smallest absolute Gasteiger partial charge is 0.115 e. The molecule has 0 radical (unpaired) electrons. The van der Waals surface area contributed by atoms with Crippen LogP contribution in [-0.2, 0) is 0 Å². The Hall–Kier alpha value is -1.96. The van der Waals surface area contributed by atoms with Crippen LogP contribution >= 0.6 is 12.2 Å². The van der Waals surface area contributed by atoms with E-state index in [1.807, 2.05) is 42.5 Å². The van der Waals surface area contributed by atoms with Crippen LogP contribution in [0.4, 0.5) is 0 Å². The van der Waals surface area contributed by atoms with Crippen LogP contribution in [0, 0.1) is 0 Å². The fraction of sp³-hybridized carbons (Fsp3) is 0.0714. The summed E-state index contributed by atoms with van der Waals surface area (Å²) in [5.74, 6) is 0.242. The standard InChI is InChI=1S/C14H11NOS/c16-13-8-6-12(7-9-13)14(15-10-17)11-4-2-1-3-5-11/h1-9,14,16H. The van der Waals surface area contributed by atoms with Gasteiger partial charge in [0, 0.05) is 0 Å². The molecule has 2 nitrogen and oxygen atoms in total. The van der Waals surface area contributed by atoms with Crippen molar-refractivity contribution >= 4 is 17.4 Å². The van der Waals surface area contributed by atoms with Gasteiger partial charge in [0.25, 0.3) is 0 Å². The Morgan fingerprint density at radius 2 is 1.53 bits per heavy atom. The number of thiocarbonyl (C=S) groups is 1. The summed E-state index contributed by atoms with van der Waals surface area (Å²) >= 11 is 4.69. The van der Waals surface area contributed by atoms with Crippen molar-refractivity contribution in [3.63, 3.8) is 0 Å². The molecule has 0 amide bonds. The maximum Gasteiger partial charge on any atom is 0.115 e. The summed E-state index contributed by atoms with van der Waals surface area (Å²) in [6.07, 6.45) is 0. The van der Waals surface area contributed by atoms with Gasteiger partial charge < -0.3 is 5.11 Å². The van der Waals surface area contributed by atoms with Gasteiger partial charge >= 0.3 is 0 Å². The molecule has 0 saturated heterocycles. The summed E-state index contributed by atoms with van der Waals surface area (Å²) in [5, 5.41) is 11.7. The van der Waals surface area contributed by atoms with E-state index in [-0.39, 0.29) is 11.8 Å². The van der Waals surface area contributed by atoms with Gasteiger partial charge in [0.2, 0.25) is 0 Å². The maximum atomic E-state index is 9.27. The number of benzene rings is 2. The molecule has 17 heavy (non-hydrogen) atoms. The highest BCUT2D eigenvalue weighted by molar-refractivity contribution is 7.78. The number of nitrogens with zero attached hydrogens (tertiary/aromatic N) is 1. The molecule has 0 aliphatic heterocycles. The second kappa shape index (κ2) is 5.39. The zero-order valence-electron chi connectivity index (χ0n) is 9.08. The van der Waals surface area contributed by atoms with Crippen LogP contribution in [0.3, 0.4) is 0 Å². The number of hydrogen-bond acceptors (Lipinski definition) is 3. The van der Waals surface area contributed by atoms with Crippen molar-refractivity contribution in [3.8, 4) is 5.75 Å². The molecule has 1 atom stereocenters. The van der Waals surface area contributed by atoms with Gasteiger partial charge in [-0.1, -0.05) is 42.5 Å². The topological polar surface area (TPSA) is 32.6 Å². The first-order valence-corrected chi connectivity index (χ1v) is 5.63. The first-order chi connectivity index (χ1) is 8.31. The highest BCUT2D eigenvalue weighted by atomic mass is 32.1. The molecular weight excluding hydrogens is 230 g/mol. The Morgan fingerprint density at radius 3 is 2.12 bits per heavy atom. The van der Waals surface area contributed by atoms with Crippen molar-refractivity contribution in [2.24, 2.45) is 4.99 Å². The van der Waals surface area contributed by atoms with Crippen LogP contribution < -0.4 is 0 Å². The van der Waals surface area contributed by atoms with E-state index in [0.717, 1.165) is 11.1 Å². The number of phenolic OH excluding ortho intramolecular Hbond substituents is 1. The number of rotatable bonds is 3. The van der Waals surface area contributed by atoms with Gasteiger partial charge in [-0.15, -0.1) is 0 Å². The molecule has 1 unspecified atom stereocenters. The monoisotopic (exact) mass is 241 g/mol. The second-order valence-corrected chi connectivity index (χ2v) is 3.81. The van der Waals surface area contributed by atoms with E-state index in [9.17, 15) is 5.11 Å². The van der Waals surface area contributed by atoms with Crippen LogP contribution in [0.15, 0.2) is 59.6 Å². The zero-order chi connectivity index (χ0) is 12.1.